The molecule has 1 N–H and O–H groups in total. The molecule has 0 saturated carbocycles. The highest BCUT2D eigenvalue weighted by Crippen LogP contribution is 2.39. The van der Waals surface area contributed by atoms with Crippen LogP contribution >= 0.6 is 11.6 Å². The van der Waals surface area contributed by atoms with Gasteiger partial charge in [0.2, 0.25) is 12.7 Å². The van der Waals surface area contributed by atoms with Gasteiger partial charge in [-0.15, -0.1) is 0 Å². The van der Waals surface area contributed by atoms with Gasteiger partial charge < -0.3 is 29.2 Å². The third-order valence-corrected chi connectivity index (χ3v) is 8.32. The van der Waals surface area contributed by atoms with E-state index in [2.05, 4.69) is 15.3 Å². The topological polar surface area (TPSA) is 132 Å². The Morgan fingerprint density at radius 1 is 1.17 bits per heavy atom. The van der Waals surface area contributed by atoms with Crippen LogP contribution in [0.4, 0.5) is 14.9 Å². The first-order valence-electron chi connectivity index (χ1n) is 15.5. The zero-order valence-corrected chi connectivity index (χ0v) is 28.6. The van der Waals surface area contributed by atoms with Crippen molar-refractivity contribution >= 4 is 35.2 Å². The Hall–Kier alpha value is -4.49. The summed E-state index contributed by atoms with van der Waals surface area (Å²) in [4.78, 5) is 54.2. The fourth-order valence-corrected chi connectivity index (χ4v) is 6.28. The Morgan fingerprint density at radius 3 is 2.58 bits per heavy atom. The number of nitrogens with one attached hydrogen (secondary N) is 1. The fourth-order valence-electron chi connectivity index (χ4n) is 6.09. The second-order valence-corrected chi connectivity index (χ2v) is 13.6. The molecule has 1 saturated heterocycles. The minimum Gasteiger partial charge on any atom is -0.454 e. The van der Waals surface area contributed by atoms with Gasteiger partial charge in [-0.3, -0.25) is 19.5 Å². The van der Waals surface area contributed by atoms with E-state index in [0.717, 1.165) is 17.8 Å². The number of nitrogens with zero attached hydrogens (tertiary/aromatic N) is 4. The van der Waals surface area contributed by atoms with Crippen molar-refractivity contribution in [1.29, 1.82) is 0 Å². The first kappa shape index (κ1) is 34.8. The molecule has 3 amide bonds. The summed E-state index contributed by atoms with van der Waals surface area (Å²) >= 11 is 6.32. The molecule has 2 unspecified atom stereocenters. The van der Waals surface area contributed by atoms with Gasteiger partial charge >= 0.3 is 6.09 Å². The Balaban J connectivity index is 1.67. The van der Waals surface area contributed by atoms with Crippen LogP contribution in [0.25, 0.3) is 0 Å². The van der Waals surface area contributed by atoms with Crippen LogP contribution in [0.15, 0.2) is 55.0 Å². The first-order valence-corrected chi connectivity index (χ1v) is 15.9. The van der Waals surface area contributed by atoms with E-state index < -0.39 is 70.0 Å². The van der Waals surface area contributed by atoms with E-state index in [1.54, 1.807) is 85.1 Å². The number of hydrogen-bond donors (Lipinski definition) is 1. The molecule has 0 spiro atoms. The summed E-state index contributed by atoms with van der Waals surface area (Å²) in [5.41, 5.74) is -1.45. The van der Waals surface area contributed by atoms with Crippen molar-refractivity contribution in [3.63, 3.8) is 0 Å². The van der Waals surface area contributed by atoms with Crippen molar-refractivity contribution in [2.75, 3.05) is 12.1 Å². The maximum absolute atomic E-state index is 14.8. The number of amides is 3. The van der Waals surface area contributed by atoms with Crippen LogP contribution < -0.4 is 14.8 Å². The Bertz CT molecular complexity index is 1690. The lowest BCUT2D eigenvalue weighted by molar-refractivity contribution is -0.123. The molecule has 2 aliphatic rings. The summed E-state index contributed by atoms with van der Waals surface area (Å²) < 4.78 is 37.8. The zero-order valence-electron chi connectivity index (χ0n) is 27.8. The van der Waals surface area contributed by atoms with E-state index in [0.29, 0.717) is 17.2 Å². The summed E-state index contributed by atoms with van der Waals surface area (Å²) in [6, 6.07) is 6.20. The molecule has 2 aromatic heterocycles. The van der Waals surface area contributed by atoms with Crippen LogP contribution in [0, 0.1) is 5.82 Å². The number of rotatable bonds is 8. The Morgan fingerprint density at radius 2 is 1.90 bits per heavy atom. The molecule has 3 aromatic rings. The average molecular weight is 684 g/mol. The van der Waals surface area contributed by atoms with Crippen LogP contribution in [0.3, 0.4) is 0 Å². The van der Waals surface area contributed by atoms with Gasteiger partial charge in [-0.1, -0.05) is 17.7 Å². The maximum atomic E-state index is 14.8. The highest BCUT2D eigenvalue weighted by atomic mass is 35.5. The van der Waals surface area contributed by atoms with Gasteiger partial charge in [0.25, 0.3) is 5.91 Å². The van der Waals surface area contributed by atoms with Crippen molar-refractivity contribution in [3.8, 4) is 11.5 Å². The summed E-state index contributed by atoms with van der Waals surface area (Å²) in [6.45, 7) is 12.0. The van der Waals surface area contributed by atoms with Crippen molar-refractivity contribution in [2.45, 2.75) is 90.4 Å². The minimum atomic E-state index is -1.44. The van der Waals surface area contributed by atoms with Crippen LogP contribution in [0.5, 0.6) is 11.5 Å². The molecule has 12 nitrogen and oxygen atoms in total. The molecule has 2 aliphatic heterocycles. The number of benzene rings is 1. The van der Waals surface area contributed by atoms with Gasteiger partial charge in [-0.05, 0) is 84.7 Å². The van der Waals surface area contributed by atoms with Crippen molar-refractivity contribution in [1.82, 2.24) is 19.8 Å². The number of carbonyl (C=O) groups excluding carboxylic acids is 3. The number of anilines is 1. The Kier molecular flexibility index (Phi) is 9.84. The van der Waals surface area contributed by atoms with E-state index in [1.165, 1.54) is 9.80 Å². The molecule has 1 aromatic carbocycles. The molecule has 4 atom stereocenters. The van der Waals surface area contributed by atoms with Crippen LogP contribution in [-0.4, -0.2) is 80.0 Å². The number of hydrogen-bond acceptors (Lipinski definition) is 9. The molecule has 0 bridgehead atoms. The van der Waals surface area contributed by atoms with Crippen LogP contribution in [0.2, 0.25) is 5.02 Å². The second-order valence-electron chi connectivity index (χ2n) is 13.2. The number of halogens is 2. The normalized spacial score (nSPS) is 19.4. The van der Waals surface area contributed by atoms with E-state index >= 15 is 0 Å². The van der Waals surface area contributed by atoms with Crippen LogP contribution in [0.1, 0.15) is 64.5 Å². The molecule has 14 heteroatoms. The van der Waals surface area contributed by atoms with Gasteiger partial charge in [0.1, 0.15) is 33.9 Å². The lowest BCUT2D eigenvalue weighted by Crippen LogP contribution is -2.64. The van der Waals surface area contributed by atoms with E-state index in [1.807, 2.05) is 6.07 Å². The first-order chi connectivity index (χ1) is 22.6. The summed E-state index contributed by atoms with van der Waals surface area (Å²) in [7, 11) is 0. The predicted octanol–water partition coefficient (Wildman–Crippen LogP) is 5.84. The molecule has 4 heterocycles. The molecule has 0 aliphatic carbocycles. The largest absolute Gasteiger partial charge is 0.454 e. The highest BCUT2D eigenvalue weighted by molar-refractivity contribution is 6.33. The van der Waals surface area contributed by atoms with Crippen molar-refractivity contribution in [2.24, 2.45) is 0 Å². The zero-order chi connectivity index (χ0) is 35.0. The highest BCUT2D eigenvalue weighted by Gasteiger charge is 2.57. The third kappa shape index (κ3) is 7.31. The Labute approximate surface area is 283 Å². The average Bonchev–Trinajstić information content (AvgIpc) is 3.56. The summed E-state index contributed by atoms with van der Waals surface area (Å²) in [5.74, 6) is -1.42. The van der Waals surface area contributed by atoms with Crippen LogP contribution in [-0.2, 0) is 20.7 Å². The van der Waals surface area contributed by atoms with Crippen molar-refractivity contribution in [3.05, 3.63) is 77.1 Å². The number of carbonyl (C=O) groups is 3. The van der Waals surface area contributed by atoms with Gasteiger partial charge in [0.15, 0.2) is 11.5 Å². The number of aromatic nitrogens is 2. The van der Waals surface area contributed by atoms with Gasteiger partial charge in [0, 0.05) is 36.4 Å². The standard InChI is InChI=1S/C34H39ClFN5O7/c1-19(15-21-9-8-13-37-17-21)40(31(43)27-26(35)23(36)12-14-38-27)29(30(42)39-22-10-11-24-25(16-22)46-18-45-24)28-20(2)47-34(6,7)41(28)32(44)48-33(3,4)5/h8-14,16-17,19-20,28-29H,15,18H2,1-7H3,(H,39,42)/t19?,20-,28+,29?/m1/s1. The maximum Gasteiger partial charge on any atom is 0.412 e. The lowest BCUT2D eigenvalue weighted by Gasteiger charge is -2.43. The van der Waals surface area contributed by atoms with E-state index in [-0.39, 0.29) is 13.2 Å². The SMILES string of the molecule is CC(Cc1cccnc1)N(C(=O)c1nccc(F)c1Cl)C(C(=O)Nc1ccc2c(c1)OCO2)[C@@H]1[C@@H](C)OC(C)(C)N1C(=O)OC(C)(C)C. The second kappa shape index (κ2) is 13.6. The van der Waals surface area contributed by atoms with Gasteiger partial charge in [-0.25, -0.2) is 14.2 Å². The third-order valence-electron chi connectivity index (χ3n) is 7.96. The molecular formula is C34H39ClFN5O7. The van der Waals surface area contributed by atoms with Crippen molar-refractivity contribution < 1.29 is 37.7 Å². The molecule has 48 heavy (non-hydrogen) atoms. The number of fused-ring (bicyclic) bond motifs is 1. The molecule has 256 valence electrons. The van der Waals surface area contributed by atoms with Gasteiger partial charge in [-0.2, -0.15) is 0 Å². The summed E-state index contributed by atoms with van der Waals surface area (Å²) in [6.07, 6.45) is 3.07. The minimum absolute atomic E-state index is 0.0295. The van der Waals surface area contributed by atoms with E-state index in [4.69, 9.17) is 30.5 Å². The smallest absolute Gasteiger partial charge is 0.412 e. The quantitative estimate of drug-likeness (QED) is 0.311. The number of pyridine rings is 2. The molecular weight excluding hydrogens is 645 g/mol. The number of ether oxygens (including phenoxy) is 4. The fraction of sp³-hybridized carbons (Fsp3) is 0.441. The monoisotopic (exact) mass is 683 g/mol. The van der Waals surface area contributed by atoms with E-state index in [9.17, 15) is 18.8 Å². The van der Waals surface area contributed by atoms with Gasteiger partial charge in [0.05, 0.1) is 12.1 Å². The predicted molar refractivity (Wildman–Crippen MR) is 174 cm³/mol. The molecule has 5 rings (SSSR count). The lowest BCUT2D eigenvalue weighted by atomic mass is 9.95. The molecule has 1 fully saturated rings. The molecule has 0 radical (unpaired) electrons. The summed E-state index contributed by atoms with van der Waals surface area (Å²) in [5, 5.41) is 2.39.